The van der Waals surface area contributed by atoms with Crippen LogP contribution in [-0.4, -0.2) is 148 Å². The smallest absolute Gasteiger partial charge is 0.333 e. The number of nitrogens with zero attached hydrogens (tertiary/aromatic N) is 6. The number of ether oxygens (including phenoxy) is 2. The lowest BCUT2D eigenvalue weighted by Crippen LogP contribution is -2.41. The Hall–Kier alpha value is -7.79. The molecule has 4 aliphatic rings. The molecule has 2 fully saturated rings. The molecular formula is C63H76N8O12S2. The Bertz CT molecular complexity index is 3920. The lowest BCUT2D eigenvalue weighted by molar-refractivity contribution is -0.137. The lowest BCUT2D eigenvalue weighted by atomic mass is 9.81. The number of carbonyl (C=O) groups excluding carboxylic acids is 4. The Kier molecular flexibility index (Phi) is 18.5. The van der Waals surface area contributed by atoms with E-state index in [2.05, 4.69) is 14.0 Å². The number of benzene rings is 4. The van der Waals surface area contributed by atoms with Crippen molar-refractivity contribution < 1.29 is 55.4 Å². The molecule has 20 nitrogen and oxygen atoms in total. The number of amides is 4. The van der Waals surface area contributed by atoms with Gasteiger partial charge in [0.2, 0.25) is 5.91 Å². The van der Waals surface area contributed by atoms with Crippen LogP contribution in [-0.2, 0) is 47.9 Å². The molecule has 4 amide bonds. The summed E-state index contributed by atoms with van der Waals surface area (Å²) in [6, 6.07) is 22.0. The van der Waals surface area contributed by atoms with E-state index in [1.807, 2.05) is 73.0 Å². The van der Waals surface area contributed by atoms with Gasteiger partial charge in [0.1, 0.15) is 11.5 Å². The highest BCUT2D eigenvalue weighted by Gasteiger charge is 2.34. The number of hydrogen-bond donors (Lipinski definition) is 3. The molecule has 10 rings (SSSR count). The van der Waals surface area contributed by atoms with E-state index < -0.39 is 38.2 Å². The number of likely N-dealkylation sites (N-methyl/N-ethyl adjacent to an activating group) is 2. The summed E-state index contributed by atoms with van der Waals surface area (Å²) in [6.07, 6.45) is 14.5. The van der Waals surface area contributed by atoms with Gasteiger partial charge in [-0.3, -0.25) is 19.2 Å². The number of methoxy groups -OCH3 is 2. The second kappa shape index (κ2) is 25.4. The van der Waals surface area contributed by atoms with Crippen LogP contribution in [0.4, 0.5) is 0 Å². The Morgan fingerprint density at radius 3 is 1.38 bits per heavy atom. The minimum absolute atomic E-state index is 0.0555. The van der Waals surface area contributed by atoms with Gasteiger partial charge < -0.3 is 33.5 Å². The SMILES string of the molecule is CCN(CC)C(=O)CN(C)C(=O)C1=Cc2cc(OC)ccc2-c2c(C3CCCCC3)c3ccc(C(=O)NS(=O)(=O)N(C)C)cc3n2C1.COc1ccc2c(c1)C=C(C(=O)O)Cn1c-2c(C2CCCCC2)c2ccc(C(=O)NS(=O)(=O)N(C)C)cc21. The molecule has 0 unspecified atom stereocenters. The molecule has 0 bridgehead atoms. The van der Waals surface area contributed by atoms with E-state index in [-0.39, 0.29) is 60.0 Å². The minimum Gasteiger partial charge on any atom is -0.497 e. The van der Waals surface area contributed by atoms with Crippen molar-refractivity contribution in [1.82, 2.24) is 37.0 Å². The largest absolute Gasteiger partial charge is 0.497 e. The summed E-state index contributed by atoms with van der Waals surface area (Å²) in [6.45, 7) is 5.18. The number of aliphatic carboxylic acids is 1. The van der Waals surface area contributed by atoms with Crippen molar-refractivity contribution in [2.75, 3.05) is 69.1 Å². The van der Waals surface area contributed by atoms with Crippen molar-refractivity contribution in [3.63, 3.8) is 0 Å². The number of aromatic nitrogens is 2. The first-order valence-corrected chi connectivity index (χ1v) is 31.7. The third-order valence-corrected chi connectivity index (χ3v) is 19.7. The highest BCUT2D eigenvalue weighted by Crippen LogP contribution is 2.49. The second-order valence-electron chi connectivity index (χ2n) is 22.5. The Morgan fingerprint density at radius 2 is 0.988 bits per heavy atom. The summed E-state index contributed by atoms with van der Waals surface area (Å²) >= 11 is 0. The van der Waals surface area contributed by atoms with Gasteiger partial charge in [-0.15, -0.1) is 0 Å². The number of fused-ring (bicyclic) bond motifs is 10. The molecule has 4 heterocycles. The van der Waals surface area contributed by atoms with E-state index in [0.29, 0.717) is 35.7 Å². The van der Waals surface area contributed by atoms with Gasteiger partial charge in [0.05, 0.1) is 50.8 Å². The average Bonchev–Trinajstić information content (AvgIpc) is 1.66. The fourth-order valence-electron chi connectivity index (χ4n) is 12.4. The van der Waals surface area contributed by atoms with Crippen LogP contribution in [0.3, 0.4) is 0 Å². The topological polar surface area (TPSA) is 239 Å². The zero-order valence-corrected chi connectivity index (χ0v) is 51.4. The predicted octanol–water partition coefficient (Wildman–Crippen LogP) is 9.01. The summed E-state index contributed by atoms with van der Waals surface area (Å²) in [4.78, 5) is 68.7. The van der Waals surface area contributed by atoms with Crippen molar-refractivity contribution in [1.29, 1.82) is 0 Å². The zero-order chi connectivity index (χ0) is 61.2. The van der Waals surface area contributed by atoms with E-state index >= 15 is 0 Å². The van der Waals surface area contributed by atoms with Crippen LogP contribution in [0.1, 0.15) is 133 Å². The first-order chi connectivity index (χ1) is 40.5. The number of carboxylic acids is 1. The standard InChI is InChI=1S/C35H45N5O6S.C28H31N3O6S/c1-7-39(8-2)31(41)22-38(5)35(43)26-18-25-19-27(46-6)15-17-28(25)33-32(23-12-10-9-11-13-23)29-16-14-24(20-30(29)40(33)21-26)34(42)36-47(44,45)37(3)4;1-30(2)38(35,36)29-27(32)18-9-11-23-24(15-18)31-16-20(28(33)34)13-19-14-21(37-3)10-12-22(19)26(31)25(23)17-7-5-4-6-8-17/h14-20,23H,7-13,21-22H2,1-6H3,(H,36,42);9-15,17H,4-8,16H2,1-3H3,(H,29,32)(H,33,34). The molecular weight excluding hydrogens is 1120 g/mol. The number of carbonyl (C=O) groups is 5. The summed E-state index contributed by atoms with van der Waals surface area (Å²) in [5, 5.41) is 12.0. The van der Waals surface area contributed by atoms with Crippen molar-refractivity contribution in [2.24, 2.45) is 0 Å². The molecule has 0 spiro atoms. The normalized spacial score (nSPS) is 15.4. The van der Waals surface area contributed by atoms with E-state index in [9.17, 15) is 45.9 Å². The maximum Gasteiger partial charge on any atom is 0.333 e. The van der Waals surface area contributed by atoms with Gasteiger partial charge >= 0.3 is 26.4 Å². The van der Waals surface area contributed by atoms with Gasteiger partial charge in [0.25, 0.3) is 17.7 Å². The van der Waals surface area contributed by atoms with Gasteiger partial charge in [-0.05, 0) is 146 Å². The van der Waals surface area contributed by atoms with Gasteiger partial charge in [-0.1, -0.05) is 50.7 Å². The molecule has 0 radical (unpaired) electrons. The van der Waals surface area contributed by atoms with E-state index in [4.69, 9.17) is 9.47 Å². The van der Waals surface area contributed by atoms with Crippen molar-refractivity contribution >= 4 is 84.0 Å². The molecule has 2 aliphatic carbocycles. The van der Waals surface area contributed by atoms with E-state index in [0.717, 1.165) is 115 Å². The van der Waals surface area contributed by atoms with E-state index in [1.165, 1.54) is 51.5 Å². The van der Waals surface area contributed by atoms with Gasteiger partial charge in [-0.25, -0.2) is 14.2 Å². The predicted molar refractivity (Wildman–Crippen MR) is 329 cm³/mol. The van der Waals surface area contributed by atoms with Crippen LogP contribution < -0.4 is 18.9 Å². The van der Waals surface area contributed by atoms with Crippen LogP contribution >= 0.6 is 0 Å². The average molecular weight is 1200 g/mol. The van der Waals surface area contributed by atoms with Crippen molar-refractivity contribution in [3.05, 3.63) is 117 Å². The number of carboxylic acid groups (broad SMARTS) is 1. The third kappa shape index (κ3) is 12.6. The number of hydrogen-bond acceptors (Lipinski definition) is 11. The van der Waals surface area contributed by atoms with Crippen LogP contribution in [0.2, 0.25) is 0 Å². The third-order valence-electron chi connectivity index (χ3n) is 16.9. The molecule has 22 heteroatoms. The highest BCUT2D eigenvalue weighted by molar-refractivity contribution is 7.88. The first kappa shape index (κ1) is 61.8. The van der Waals surface area contributed by atoms with Crippen molar-refractivity contribution in [2.45, 2.75) is 103 Å². The van der Waals surface area contributed by atoms with Gasteiger partial charge in [0, 0.05) is 98.0 Å². The summed E-state index contributed by atoms with van der Waals surface area (Å²) < 4.78 is 70.7. The quantitative estimate of drug-likeness (QED) is 0.0823. The molecule has 452 valence electrons. The van der Waals surface area contributed by atoms with Crippen LogP contribution in [0.25, 0.3) is 56.5 Å². The fourth-order valence-corrected chi connectivity index (χ4v) is 13.4. The van der Waals surface area contributed by atoms with Gasteiger partial charge in [-0.2, -0.15) is 25.4 Å². The minimum atomic E-state index is -4.01. The molecule has 2 aromatic heterocycles. The van der Waals surface area contributed by atoms with Crippen molar-refractivity contribution in [3.8, 4) is 34.0 Å². The maximum absolute atomic E-state index is 14.1. The monoisotopic (exact) mass is 1200 g/mol. The molecule has 85 heavy (non-hydrogen) atoms. The second-order valence-corrected chi connectivity index (χ2v) is 26.3. The van der Waals surface area contributed by atoms with E-state index in [1.54, 1.807) is 56.5 Å². The van der Waals surface area contributed by atoms with Crippen LogP contribution in [0.15, 0.2) is 83.9 Å². The zero-order valence-electron chi connectivity index (χ0n) is 49.8. The summed E-state index contributed by atoms with van der Waals surface area (Å²) in [5.41, 5.74) is 10.2. The van der Waals surface area contributed by atoms with Gasteiger partial charge in [0.15, 0.2) is 0 Å². The molecule has 2 saturated carbocycles. The fraction of sp³-hybridized carbons (Fsp3) is 0.413. The highest BCUT2D eigenvalue weighted by atomic mass is 32.2. The molecule has 6 aromatic rings. The first-order valence-electron chi connectivity index (χ1n) is 28.9. The molecule has 3 N–H and O–H groups in total. The summed E-state index contributed by atoms with van der Waals surface area (Å²) in [5.74, 6) is -1.07. The van der Waals surface area contributed by atoms with Crippen LogP contribution in [0.5, 0.6) is 11.5 Å². The molecule has 0 atom stereocenters. The Morgan fingerprint density at radius 1 is 0.576 bits per heavy atom. The molecule has 2 aliphatic heterocycles. The number of nitrogens with one attached hydrogen (secondary N) is 2. The Labute approximate surface area is 497 Å². The maximum atomic E-state index is 14.1. The molecule has 0 saturated heterocycles. The lowest BCUT2D eigenvalue weighted by Gasteiger charge is -2.24. The molecule has 4 aromatic carbocycles. The summed E-state index contributed by atoms with van der Waals surface area (Å²) in [7, 11) is 2.23. The van der Waals surface area contributed by atoms with Crippen LogP contribution in [0, 0.1) is 0 Å². The number of rotatable bonds is 16. The Balaban J connectivity index is 0.000000208.